The van der Waals surface area contributed by atoms with E-state index in [1.807, 2.05) is 13.0 Å². The standard InChI is InChI=1S/C20H18ClF3N4OS/c1-2-6-16-26-19(28-27-16)30-17(12-7-4-3-5-8-12)18(29)25-13-9-10-15(21)14(11-13)20(22,23)24/h3-5,7-11,17H,2,6H2,1H3,(H,25,29)(H,26,27,28)/t17-/m1/s1. The van der Waals surface area contributed by atoms with Gasteiger partial charge in [-0.25, -0.2) is 4.98 Å². The Hall–Kier alpha value is -2.52. The van der Waals surface area contributed by atoms with Gasteiger partial charge in [0.15, 0.2) is 0 Å². The van der Waals surface area contributed by atoms with Gasteiger partial charge < -0.3 is 5.32 Å². The fourth-order valence-corrected chi connectivity index (χ4v) is 3.87. The van der Waals surface area contributed by atoms with E-state index in [1.165, 1.54) is 6.07 Å². The zero-order valence-corrected chi connectivity index (χ0v) is 17.4. The summed E-state index contributed by atoms with van der Waals surface area (Å²) in [7, 11) is 0. The van der Waals surface area contributed by atoms with Gasteiger partial charge in [-0.3, -0.25) is 9.89 Å². The number of halogens is 4. The van der Waals surface area contributed by atoms with Crippen molar-refractivity contribution in [2.75, 3.05) is 5.32 Å². The lowest BCUT2D eigenvalue weighted by atomic mass is 10.1. The fourth-order valence-electron chi connectivity index (χ4n) is 2.71. The molecule has 0 spiro atoms. The Morgan fingerprint density at radius 3 is 2.63 bits per heavy atom. The van der Waals surface area contributed by atoms with Gasteiger partial charge in [-0.1, -0.05) is 60.6 Å². The van der Waals surface area contributed by atoms with E-state index in [1.54, 1.807) is 24.3 Å². The van der Waals surface area contributed by atoms with Gasteiger partial charge in [0.25, 0.3) is 0 Å². The van der Waals surface area contributed by atoms with Crippen LogP contribution < -0.4 is 5.32 Å². The minimum Gasteiger partial charge on any atom is -0.325 e. The number of benzene rings is 2. The number of anilines is 1. The summed E-state index contributed by atoms with van der Waals surface area (Å²) in [6.07, 6.45) is -3.01. The number of thioether (sulfide) groups is 1. The predicted octanol–water partition coefficient (Wildman–Crippen LogP) is 5.90. The molecule has 3 aromatic rings. The third-order valence-electron chi connectivity index (χ3n) is 4.10. The van der Waals surface area contributed by atoms with Gasteiger partial charge in [0, 0.05) is 12.1 Å². The number of nitrogens with zero attached hydrogens (tertiary/aromatic N) is 2. The van der Waals surface area contributed by atoms with Crippen molar-refractivity contribution in [1.82, 2.24) is 15.2 Å². The molecule has 0 aliphatic rings. The van der Waals surface area contributed by atoms with Crippen molar-refractivity contribution in [1.29, 1.82) is 0 Å². The molecule has 10 heteroatoms. The predicted molar refractivity (Wildman–Crippen MR) is 111 cm³/mol. The summed E-state index contributed by atoms with van der Waals surface area (Å²) < 4.78 is 39.4. The summed E-state index contributed by atoms with van der Waals surface area (Å²) >= 11 is 6.77. The Kier molecular flexibility index (Phi) is 7.04. The van der Waals surface area contributed by atoms with Crippen molar-refractivity contribution >= 4 is 35.0 Å². The van der Waals surface area contributed by atoms with E-state index in [-0.39, 0.29) is 5.69 Å². The number of alkyl halides is 3. The van der Waals surface area contributed by atoms with Crippen molar-refractivity contribution in [2.24, 2.45) is 0 Å². The normalized spacial score (nSPS) is 12.6. The summed E-state index contributed by atoms with van der Waals surface area (Å²) in [5.41, 5.74) is -0.337. The molecule has 30 heavy (non-hydrogen) atoms. The van der Waals surface area contributed by atoms with Gasteiger partial charge in [0.05, 0.1) is 10.6 Å². The number of hydrogen-bond donors (Lipinski definition) is 2. The number of carbonyl (C=O) groups excluding carboxylic acids is 1. The number of carbonyl (C=O) groups is 1. The summed E-state index contributed by atoms with van der Waals surface area (Å²) in [5.74, 6) is 0.211. The number of H-pyrrole nitrogens is 1. The lowest BCUT2D eigenvalue weighted by molar-refractivity contribution is -0.137. The van der Waals surface area contributed by atoms with Crippen LogP contribution in [0.3, 0.4) is 0 Å². The van der Waals surface area contributed by atoms with Crippen molar-refractivity contribution in [3.05, 3.63) is 70.5 Å². The molecule has 1 aromatic heterocycles. The maximum absolute atomic E-state index is 13.1. The van der Waals surface area contributed by atoms with Crippen LogP contribution in [-0.2, 0) is 17.4 Å². The first-order chi connectivity index (χ1) is 14.3. The van der Waals surface area contributed by atoms with Crippen LogP contribution in [0.1, 0.15) is 35.5 Å². The second kappa shape index (κ2) is 9.53. The number of nitrogens with one attached hydrogen (secondary N) is 2. The lowest BCUT2D eigenvalue weighted by Crippen LogP contribution is -2.19. The van der Waals surface area contributed by atoms with Crippen LogP contribution in [0.15, 0.2) is 53.7 Å². The highest BCUT2D eigenvalue weighted by atomic mass is 35.5. The molecule has 0 aliphatic carbocycles. The Morgan fingerprint density at radius 1 is 1.23 bits per heavy atom. The number of aromatic amines is 1. The Morgan fingerprint density at radius 2 is 1.97 bits per heavy atom. The molecule has 0 saturated carbocycles. The topological polar surface area (TPSA) is 70.7 Å². The van der Waals surface area contributed by atoms with Gasteiger partial charge in [-0.05, 0) is 30.2 Å². The molecular weight excluding hydrogens is 437 g/mol. The smallest absolute Gasteiger partial charge is 0.325 e. The Labute approximate surface area is 180 Å². The van der Waals surface area contributed by atoms with E-state index < -0.39 is 27.9 Å². The molecule has 5 nitrogen and oxygen atoms in total. The van der Waals surface area contributed by atoms with Crippen LogP contribution >= 0.6 is 23.4 Å². The van der Waals surface area contributed by atoms with Crippen LogP contribution in [-0.4, -0.2) is 21.1 Å². The second-order valence-corrected chi connectivity index (χ2v) is 7.88. The second-order valence-electron chi connectivity index (χ2n) is 6.40. The van der Waals surface area contributed by atoms with Crippen LogP contribution in [0.5, 0.6) is 0 Å². The monoisotopic (exact) mass is 454 g/mol. The van der Waals surface area contributed by atoms with Gasteiger partial charge in [0.1, 0.15) is 11.1 Å². The van der Waals surface area contributed by atoms with E-state index in [0.717, 1.165) is 36.7 Å². The van der Waals surface area contributed by atoms with E-state index in [2.05, 4.69) is 20.5 Å². The van der Waals surface area contributed by atoms with E-state index >= 15 is 0 Å². The van der Waals surface area contributed by atoms with Crippen LogP contribution in [0, 0.1) is 0 Å². The summed E-state index contributed by atoms with van der Waals surface area (Å²) in [4.78, 5) is 17.3. The van der Waals surface area contributed by atoms with Crippen LogP contribution in [0.25, 0.3) is 0 Å². The minimum absolute atomic E-state index is 0.0000786. The molecule has 2 N–H and O–H groups in total. The summed E-state index contributed by atoms with van der Waals surface area (Å²) in [6, 6.07) is 12.1. The van der Waals surface area contributed by atoms with Gasteiger partial charge in [-0.2, -0.15) is 13.2 Å². The molecule has 2 aromatic carbocycles. The molecule has 1 amide bonds. The Bertz CT molecular complexity index is 1010. The number of aryl methyl sites for hydroxylation is 1. The van der Waals surface area contributed by atoms with Crippen molar-refractivity contribution in [3.8, 4) is 0 Å². The molecule has 1 atom stereocenters. The molecule has 0 radical (unpaired) electrons. The SMILES string of the molecule is CCCc1nc(S[C@@H](C(=O)Nc2ccc(Cl)c(C(F)(F)F)c2)c2ccccc2)n[nH]1. The van der Waals surface area contributed by atoms with Crippen molar-refractivity contribution < 1.29 is 18.0 Å². The van der Waals surface area contributed by atoms with Crippen LogP contribution in [0.4, 0.5) is 18.9 Å². The average Bonchev–Trinajstić information content (AvgIpc) is 3.15. The van der Waals surface area contributed by atoms with Crippen molar-refractivity contribution in [3.63, 3.8) is 0 Å². The van der Waals surface area contributed by atoms with E-state index in [9.17, 15) is 18.0 Å². The highest BCUT2D eigenvalue weighted by Crippen LogP contribution is 2.38. The summed E-state index contributed by atoms with van der Waals surface area (Å²) in [6.45, 7) is 2.01. The molecule has 0 saturated heterocycles. The molecule has 0 fully saturated rings. The number of rotatable bonds is 7. The molecule has 0 bridgehead atoms. The molecule has 3 rings (SSSR count). The van der Waals surface area contributed by atoms with Crippen LogP contribution in [0.2, 0.25) is 5.02 Å². The Balaban J connectivity index is 1.85. The largest absolute Gasteiger partial charge is 0.417 e. The quantitative estimate of drug-likeness (QED) is 0.436. The van der Waals surface area contributed by atoms with E-state index in [0.29, 0.717) is 16.5 Å². The fraction of sp³-hybridized carbons (Fsp3) is 0.250. The van der Waals surface area contributed by atoms with Gasteiger partial charge in [0.2, 0.25) is 11.1 Å². The first-order valence-electron chi connectivity index (χ1n) is 9.08. The molecule has 158 valence electrons. The third-order valence-corrected chi connectivity index (χ3v) is 5.55. The van der Waals surface area contributed by atoms with Crippen molar-refractivity contribution in [2.45, 2.75) is 36.3 Å². The maximum Gasteiger partial charge on any atom is 0.417 e. The molecule has 0 aliphatic heterocycles. The van der Waals surface area contributed by atoms with Gasteiger partial charge >= 0.3 is 6.18 Å². The van der Waals surface area contributed by atoms with Gasteiger partial charge in [-0.15, -0.1) is 5.10 Å². The molecule has 1 heterocycles. The molecule has 0 unspecified atom stereocenters. The first kappa shape index (κ1) is 22.2. The zero-order valence-electron chi connectivity index (χ0n) is 15.8. The highest BCUT2D eigenvalue weighted by molar-refractivity contribution is 8.00. The minimum atomic E-state index is -4.62. The van der Waals surface area contributed by atoms with E-state index in [4.69, 9.17) is 11.6 Å². The number of aromatic nitrogens is 3. The lowest BCUT2D eigenvalue weighted by Gasteiger charge is -2.17. The summed E-state index contributed by atoms with van der Waals surface area (Å²) in [5, 5.41) is 8.70. The third kappa shape index (κ3) is 5.54. The maximum atomic E-state index is 13.1. The number of hydrogen-bond acceptors (Lipinski definition) is 4. The first-order valence-corrected chi connectivity index (χ1v) is 10.3. The number of amides is 1. The zero-order chi connectivity index (χ0) is 21.7. The molecular formula is C20H18ClF3N4OS. The highest BCUT2D eigenvalue weighted by Gasteiger charge is 2.34. The average molecular weight is 455 g/mol.